The molecule has 0 saturated carbocycles. The van der Waals surface area contributed by atoms with E-state index in [1.807, 2.05) is 45.0 Å². The molecule has 1 heterocycles. The van der Waals surface area contributed by atoms with Crippen LogP contribution in [0.25, 0.3) is 0 Å². The van der Waals surface area contributed by atoms with E-state index < -0.39 is 17.8 Å². The number of ether oxygens (including phenoxy) is 2. The molecule has 3 atom stereocenters. The van der Waals surface area contributed by atoms with Crippen molar-refractivity contribution >= 4 is 6.09 Å². The fraction of sp³-hybridized carbons (Fsp3) is 0.632. The van der Waals surface area contributed by atoms with Crippen LogP contribution in [0.5, 0.6) is 5.75 Å². The summed E-state index contributed by atoms with van der Waals surface area (Å²) in [4.78, 5) is 14.4. The Morgan fingerprint density at radius 2 is 2.12 bits per heavy atom. The van der Waals surface area contributed by atoms with Gasteiger partial charge in [-0.15, -0.1) is 0 Å². The van der Waals surface area contributed by atoms with E-state index in [1.165, 1.54) is 0 Å². The number of carbonyl (C=O) groups is 1. The van der Waals surface area contributed by atoms with Crippen molar-refractivity contribution in [3.8, 4) is 5.75 Å². The van der Waals surface area contributed by atoms with E-state index in [4.69, 9.17) is 15.2 Å². The molecular formula is C19H30N2O4. The van der Waals surface area contributed by atoms with Crippen molar-refractivity contribution in [1.29, 1.82) is 0 Å². The second-order valence-electron chi connectivity index (χ2n) is 7.54. The number of nitrogens with two attached hydrogens (primary N) is 1. The zero-order valence-corrected chi connectivity index (χ0v) is 15.6. The van der Waals surface area contributed by atoms with Crippen molar-refractivity contribution in [3.05, 3.63) is 29.8 Å². The maximum absolute atomic E-state index is 12.7. The summed E-state index contributed by atoms with van der Waals surface area (Å²) in [5.41, 5.74) is 6.13. The number of likely N-dealkylation sites (tertiary alicyclic amines) is 1. The lowest BCUT2D eigenvalue weighted by Gasteiger charge is -2.34. The molecule has 0 aromatic heterocycles. The van der Waals surface area contributed by atoms with Gasteiger partial charge in [0.1, 0.15) is 11.4 Å². The highest BCUT2D eigenvalue weighted by Gasteiger charge is 2.42. The van der Waals surface area contributed by atoms with E-state index in [0.717, 1.165) is 17.7 Å². The molecule has 1 aromatic carbocycles. The molecule has 1 saturated heterocycles. The zero-order valence-electron chi connectivity index (χ0n) is 15.6. The molecule has 0 bridgehead atoms. The molecule has 3 N–H and O–H groups in total. The third-order valence-corrected chi connectivity index (χ3v) is 4.44. The molecular weight excluding hydrogens is 320 g/mol. The summed E-state index contributed by atoms with van der Waals surface area (Å²) in [7, 11) is 1.63. The van der Waals surface area contributed by atoms with Gasteiger partial charge < -0.3 is 20.3 Å². The Kier molecular flexibility index (Phi) is 6.30. The number of hydrogen-bond donors (Lipinski definition) is 2. The molecule has 25 heavy (non-hydrogen) atoms. The van der Waals surface area contributed by atoms with Gasteiger partial charge in [0.25, 0.3) is 0 Å². The number of carbonyl (C=O) groups excluding carboxylic acids is 1. The average Bonchev–Trinajstić information content (AvgIpc) is 2.96. The summed E-state index contributed by atoms with van der Waals surface area (Å²) in [6.45, 7) is 5.64. The van der Waals surface area contributed by atoms with E-state index >= 15 is 0 Å². The molecule has 1 aromatic rings. The van der Waals surface area contributed by atoms with Crippen molar-refractivity contribution in [2.75, 3.05) is 13.7 Å². The Morgan fingerprint density at radius 1 is 1.40 bits per heavy atom. The van der Waals surface area contributed by atoms with Crippen LogP contribution < -0.4 is 10.5 Å². The van der Waals surface area contributed by atoms with Crippen molar-refractivity contribution < 1.29 is 19.4 Å². The first-order valence-electron chi connectivity index (χ1n) is 8.77. The van der Waals surface area contributed by atoms with Gasteiger partial charge in [0, 0.05) is 12.6 Å². The topological polar surface area (TPSA) is 85.0 Å². The van der Waals surface area contributed by atoms with Crippen LogP contribution in [-0.4, -0.2) is 53.5 Å². The lowest BCUT2D eigenvalue weighted by Crippen LogP contribution is -2.50. The summed E-state index contributed by atoms with van der Waals surface area (Å²) in [5.74, 6) is 0.790. The van der Waals surface area contributed by atoms with Gasteiger partial charge in [-0.05, 0) is 57.7 Å². The standard InChI is InChI=1S/C19H30N2O4/c1-19(2,3)25-18(23)21-14(8-9-16(21)17(22)12-20)10-13-6-5-7-15(11-13)24-4/h5-7,11,14,16-17,22H,8-10,12,20H2,1-4H3/t14-,16+,17-/m0/s1. The Bertz CT molecular complexity index is 585. The minimum atomic E-state index is -0.747. The first kappa shape index (κ1) is 19.5. The Hall–Kier alpha value is -1.79. The number of hydrogen-bond acceptors (Lipinski definition) is 5. The van der Waals surface area contributed by atoms with Crippen molar-refractivity contribution in [1.82, 2.24) is 4.90 Å². The molecule has 1 aliphatic heterocycles. The summed E-state index contributed by atoms with van der Waals surface area (Å²) < 4.78 is 10.8. The third-order valence-electron chi connectivity index (χ3n) is 4.44. The predicted molar refractivity (Wildman–Crippen MR) is 96.6 cm³/mol. The highest BCUT2D eigenvalue weighted by molar-refractivity contribution is 5.69. The zero-order chi connectivity index (χ0) is 18.6. The van der Waals surface area contributed by atoms with Gasteiger partial charge in [-0.3, -0.25) is 4.90 Å². The van der Waals surface area contributed by atoms with E-state index in [1.54, 1.807) is 12.0 Å². The average molecular weight is 350 g/mol. The summed E-state index contributed by atoms with van der Waals surface area (Å²) in [5, 5.41) is 10.2. The van der Waals surface area contributed by atoms with Crippen LogP contribution in [0.4, 0.5) is 4.79 Å². The fourth-order valence-electron chi connectivity index (χ4n) is 3.32. The number of nitrogens with zero attached hydrogens (tertiary/aromatic N) is 1. The Balaban J connectivity index is 2.20. The molecule has 0 spiro atoms. The van der Waals surface area contributed by atoms with Crippen LogP contribution in [0.2, 0.25) is 0 Å². The number of methoxy groups -OCH3 is 1. The molecule has 140 valence electrons. The number of amides is 1. The van der Waals surface area contributed by atoms with Gasteiger partial charge in [0.05, 0.1) is 19.3 Å². The molecule has 0 aliphatic carbocycles. The Morgan fingerprint density at radius 3 is 2.72 bits per heavy atom. The number of benzene rings is 1. The summed E-state index contributed by atoms with van der Waals surface area (Å²) in [6.07, 6.45) is 1.06. The minimum absolute atomic E-state index is 0.0341. The van der Waals surface area contributed by atoms with Gasteiger partial charge in [-0.1, -0.05) is 12.1 Å². The normalized spacial score (nSPS) is 21.9. The summed E-state index contributed by atoms with van der Waals surface area (Å²) in [6, 6.07) is 7.48. The van der Waals surface area contributed by atoms with Crippen LogP contribution in [0.1, 0.15) is 39.2 Å². The molecule has 2 rings (SSSR count). The molecule has 1 fully saturated rings. The second-order valence-corrected chi connectivity index (χ2v) is 7.54. The molecule has 0 unspecified atom stereocenters. The van der Waals surface area contributed by atoms with E-state index in [0.29, 0.717) is 12.8 Å². The highest BCUT2D eigenvalue weighted by atomic mass is 16.6. The van der Waals surface area contributed by atoms with Crippen molar-refractivity contribution in [3.63, 3.8) is 0 Å². The SMILES string of the molecule is COc1cccc(C[C@@H]2CC[C@H]([C@@H](O)CN)N2C(=O)OC(C)(C)C)c1. The maximum Gasteiger partial charge on any atom is 0.410 e. The van der Waals surface area contributed by atoms with Gasteiger partial charge in [-0.2, -0.15) is 0 Å². The maximum atomic E-state index is 12.7. The number of aliphatic hydroxyl groups excluding tert-OH is 1. The smallest absolute Gasteiger partial charge is 0.410 e. The molecule has 6 nitrogen and oxygen atoms in total. The largest absolute Gasteiger partial charge is 0.497 e. The third kappa shape index (κ3) is 5.09. The van der Waals surface area contributed by atoms with Gasteiger partial charge >= 0.3 is 6.09 Å². The number of rotatable bonds is 5. The van der Waals surface area contributed by atoms with E-state index in [9.17, 15) is 9.90 Å². The monoisotopic (exact) mass is 350 g/mol. The van der Waals surface area contributed by atoms with Crippen molar-refractivity contribution in [2.24, 2.45) is 5.73 Å². The molecule has 1 amide bonds. The van der Waals surface area contributed by atoms with E-state index in [-0.39, 0.29) is 18.6 Å². The lowest BCUT2D eigenvalue weighted by molar-refractivity contribution is -0.00261. The molecule has 1 aliphatic rings. The van der Waals surface area contributed by atoms with Crippen LogP contribution >= 0.6 is 0 Å². The predicted octanol–water partition coefficient (Wildman–Crippen LogP) is 2.33. The van der Waals surface area contributed by atoms with Crippen LogP contribution in [0.15, 0.2) is 24.3 Å². The number of aliphatic hydroxyl groups is 1. The van der Waals surface area contributed by atoms with E-state index in [2.05, 4.69) is 0 Å². The van der Waals surface area contributed by atoms with Gasteiger partial charge in [-0.25, -0.2) is 4.79 Å². The summed E-state index contributed by atoms with van der Waals surface area (Å²) >= 11 is 0. The first-order chi connectivity index (χ1) is 11.7. The van der Waals surface area contributed by atoms with Crippen LogP contribution in [0, 0.1) is 0 Å². The Labute approximate surface area is 149 Å². The van der Waals surface area contributed by atoms with Gasteiger partial charge in [0.2, 0.25) is 0 Å². The first-order valence-corrected chi connectivity index (χ1v) is 8.77. The quantitative estimate of drug-likeness (QED) is 0.851. The van der Waals surface area contributed by atoms with Gasteiger partial charge in [0.15, 0.2) is 0 Å². The van der Waals surface area contributed by atoms with Crippen LogP contribution in [0.3, 0.4) is 0 Å². The molecule has 0 radical (unpaired) electrons. The highest BCUT2D eigenvalue weighted by Crippen LogP contribution is 2.31. The molecule has 6 heteroatoms. The van der Waals surface area contributed by atoms with Crippen molar-refractivity contribution in [2.45, 2.75) is 63.8 Å². The fourth-order valence-corrected chi connectivity index (χ4v) is 3.32. The van der Waals surface area contributed by atoms with Crippen LogP contribution in [-0.2, 0) is 11.2 Å². The second kappa shape index (κ2) is 8.06. The lowest BCUT2D eigenvalue weighted by atomic mass is 10.0. The minimum Gasteiger partial charge on any atom is -0.497 e.